The second-order valence-corrected chi connectivity index (χ2v) is 6.89. The molecule has 0 unspecified atom stereocenters. The molecule has 2 aromatic carbocycles. The van der Waals surface area contributed by atoms with Gasteiger partial charge < -0.3 is 4.74 Å². The van der Waals surface area contributed by atoms with Gasteiger partial charge in [0.2, 0.25) is 5.13 Å². The number of aryl methyl sites for hydroxylation is 1. The molecule has 0 fully saturated rings. The summed E-state index contributed by atoms with van der Waals surface area (Å²) in [5, 5.41) is 13.1. The number of amides is 1. The maximum absolute atomic E-state index is 12.7. The van der Waals surface area contributed by atoms with Crippen molar-refractivity contribution in [3.63, 3.8) is 0 Å². The van der Waals surface area contributed by atoms with Crippen LogP contribution in [0, 0.1) is 6.92 Å². The second kappa shape index (κ2) is 7.13. The SMILES string of the molecule is COc1ccc2cc(C(=O)Nc3nnc(-c4ccccc4)s3)c(C)nc2c1. The Bertz CT molecular complexity index is 1130. The van der Waals surface area contributed by atoms with Gasteiger partial charge in [-0.1, -0.05) is 41.7 Å². The average molecular weight is 376 g/mol. The predicted octanol–water partition coefficient (Wildman–Crippen LogP) is 4.32. The van der Waals surface area contributed by atoms with Crippen LogP contribution in [0.15, 0.2) is 54.6 Å². The van der Waals surface area contributed by atoms with Gasteiger partial charge in [-0.05, 0) is 25.1 Å². The van der Waals surface area contributed by atoms with Gasteiger partial charge in [-0.25, -0.2) is 0 Å². The summed E-state index contributed by atoms with van der Waals surface area (Å²) in [6.45, 7) is 1.81. The Hall–Kier alpha value is -3.32. The maximum Gasteiger partial charge on any atom is 0.259 e. The minimum atomic E-state index is -0.256. The number of methoxy groups -OCH3 is 1. The van der Waals surface area contributed by atoms with Gasteiger partial charge in [-0.2, -0.15) is 0 Å². The molecule has 0 spiro atoms. The number of nitrogens with one attached hydrogen (secondary N) is 1. The highest BCUT2D eigenvalue weighted by Crippen LogP contribution is 2.27. The van der Waals surface area contributed by atoms with Crippen molar-refractivity contribution in [1.29, 1.82) is 0 Å². The van der Waals surface area contributed by atoms with Crippen molar-refractivity contribution < 1.29 is 9.53 Å². The number of nitrogens with zero attached hydrogens (tertiary/aromatic N) is 3. The van der Waals surface area contributed by atoms with Gasteiger partial charge in [-0.3, -0.25) is 15.1 Å². The monoisotopic (exact) mass is 376 g/mol. The first-order valence-electron chi connectivity index (χ1n) is 8.30. The van der Waals surface area contributed by atoms with Crippen molar-refractivity contribution >= 4 is 33.3 Å². The number of pyridine rings is 1. The minimum Gasteiger partial charge on any atom is -0.497 e. The van der Waals surface area contributed by atoms with Crippen LogP contribution in [0.25, 0.3) is 21.5 Å². The van der Waals surface area contributed by atoms with Gasteiger partial charge in [0.05, 0.1) is 23.9 Å². The van der Waals surface area contributed by atoms with E-state index in [-0.39, 0.29) is 5.91 Å². The van der Waals surface area contributed by atoms with Crippen LogP contribution in [-0.2, 0) is 0 Å². The number of hydrogen-bond acceptors (Lipinski definition) is 6. The van der Waals surface area contributed by atoms with Crippen LogP contribution < -0.4 is 10.1 Å². The zero-order chi connectivity index (χ0) is 18.8. The zero-order valence-electron chi connectivity index (χ0n) is 14.8. The molecule has 0 saturated heterocycles. The fraction of sp³-hybridized carbons (Fsp3) is 0.100. The van der Waals surface area contributed by atoms with E-state index in [0.29, 0.717) is 16.4 Å². The number of carbonyl (C=O) groups is 1. The summed E-state index contributed by atoms with van der Waals surface area (Å²) in [6, 6.07) is 17.1. The summed E-state index contributed by atoms with van der Waals surface area (Å²) in [4.78, 5) is 17.2. The van der Waals surface area contributed by atoms with Crippen molar-refractivity contribution in [2.45, 2.75) is 6.92 Å². The summed E-state index contributed by atoms with van der Waals surface area (Å²) in [6.07, 6.45) is 0. The molecule has 2 aromatic heterocycles. The number of benzene rings is 2. The Kier molecular flexibility index (Phi) is 4.52. The highest BCUT2D eigenvalue weighted by atomic mass is 32.1. The minimum absolute atomic E-state index is 0.256. The van der Waals surface area contributed by atoms with E-state index in [4.69, 9.17) is 4.74 Å². The van der Waals surface area contributed by atoms with Gasteiger partial charge in [0.25, 0.3) is 5.91 Å². The topological polar surface area (TPSA) is 77.0 Å². The molecule has 6 nitrogen and oxygen atoms in total. The van der Waals surface area contributed by atoms with E-state index in [1.807, 2.05) is 61.5 Å². The Morgan fingerprint density at radius 2 is 1.89 bits per heavy atom. The number of anilines is 1. The zero-order valence-corrected chi connectivity index (χ0v) is 15.6. The number of hydrogen-bond donors (Lipinski definition) is 1. The Labute approximate surface area is 159 Å². The number of ether oxygens (including phenoxy) is 1. The summed E-state index contributed by atoms with van der Waals surface area (Å²) in [5.74, 6) is 0.474. The smallest absolute Gasteiger partial charge is 0.259 e. The van der Waals surface area contributed by atoms with E-state index in [1.165, 1.54) is 11.3 Å². The van der Waals surface area contributed by atoms with E-state index in [1.54, 1.807) is 7.11 Å². The molecule has 1 amide bonds. The number of rotatable bonds is 4. The third-order valence-electron chi connectivity index (χ3n) is 4.13. The van der Waals surface area contributed by atoms with Crippen LogP contribution in [-0.4, -0.2) is 28.2 Å². The molecule has 4 aromatic rings. The van der Waals surface area contributed by atoms with E-state index in [2.05, 4.69) is 20.5 Å². The quantitative estimate of drug-likeness (QED) is 0.574. The molecule has 7 heteroatoms. The highest BCUT2D eigenvalue weighted by Gasteiger charge is 2.15. The van der Waals surface area contributed by atoms with Gasteiger partial charge in [0, 0.05) is 17.0 Å². The highest BCUT2D eigenvalue weighted by molar-refractivity contribution is 7.18. The Morgan fingerprint density at radius 3 is 2.67 bits per heavy atom. The molecule has 0 aliphatic rings. The molecule has 0 atom stereocenters. The van der Waals surface area contributed by atoms with Crippen LogP contribution in [0.2, 0.25) is 0 Å². The summed E-state index contributed by atoms with van der Waals surface area (Å²) in [7, 11) is 1.61. The van der Waals surface area contributed by atoms with Gasteiger partial charge in [0.15, 0.2) is 0 Å². The van der Waals surface area contributed by atoms with Crippen LogP contribution in [0.4, 0.5) is 5.13 Å². The molecular formula is C20H16N4O2S. The van der Waals surface area contributed by atoms with Crippen molar-refractivity contribution in [1.82, 2.24) is 15.2 Å². The van der Waals surface area contributed by atoms with Crippen molar-refractivity contribution in [2.24, 2.45) is 0 Å². The first kappa shape index (κ1) is 17.1. The number of fused-ring (bicyclic) bond motifs is 1. The first-order valence-corrected chi connectivity index (χ1v) is 9.11. The lowest BCUT2D eigenvalue weighted by atomic mass is 10.1. The molecule has 0 aliphatic heterocycles. The average Bonchev–Trinajstić information content (AvgIpc) is 3.16. The molecule has 2 heterocycles. The molecule has 134 valence electrons. The Morgan fingerprint density at radius 1 is 1.07 bits per heavy atom. The van der Waals surface area contributed by atoms with E-state index in [9.17, 15) is 4.79 Å². The standard InChI is InChI=1S/C20H16N4O2S/c1-12-16(10-14-8-9-15(26-2)11-17(14)21-12)18(25)22-20-24-23-19(27-20)13-6-4-3-5-7-13/h3-11H,1-2H3,(H,22,24,25). The summed E-state index contributed by atoms with van der Waals surface area (Å²) < 4.78 is 5.22. The third-order valence-corrected chi connectivity index (χ3v) is 5.01. The molecule has 0 radical (unpaired) electrons. The van der Waals surface area contributed by atoms with E-state index < -0.39 is 0 Å². The van der Waals surface area contributed by atoms with Gasteiger partial charge in [0.1, 0.15) is 10.8 Å². The lowest BCUT2D eigenvalue weighted by molar-refractivity contribution is 0.102. The van der Waals surface area contributed by atoms with Gasteiger partial charge >= 0.3 is 0 Å². The largest absolute Gasteiger partial charge is 0.497 e. The van der Waals surface area contributed by atoms with Crippen LogP contribution in [0.5, 0.6) is 5.75 Å². The molecule has 4 rings (SSSR count). The number of aromatic nitrogens is 3. The summed E-state index contributed by atoms with van der Waals surface area (Å²) in [5.41, 5.74) is 2.89. The second-order valence-electron chi connectivity index (χ2n) is 5.91. The summed E-state index contributed by atoms with van der Waals surface area (Å²) >= 11 is 1.33. The van der Waals surface area contributed by atoms with Crippen LogP contribution >= 0.6 is 11.3 Å². The van der Waals surface area contributed by atoms with Crippen molar-refractivity contribution in [2.75, 3.05) is 12.4 Å². The normalized spacial score (nSPS) is 10.7. The fourth-order valence-corrected chi connectivity index (χ4v) is 3.48. The van der Waals surface area contributed by atoms with Crippen molar-refractivity contribution in [3.8, 4) is 16.3 Å². The molecular weight excluding hydrogens is 360 g/mol. The van der Waals surface area contributed by atoms with E-state index >= 15 is 0 Å². The first-order chi connectivity index (χ1) is 13.1. The van der Waals surface area contributed by atoms with Crippen LogP contribution in [0.3, 0.4) is 0 Å². The molecule has 0 bridgehead atoms. The molecule has 1 N–H and O–H groups in total. The molecule has 0 saturated carbocycles. The molecule has 27 heavy (non-hydrogen) atoms. The molecule has 0 aliphatic carbocycles. The Balaban J connectivity index is 1.60. The fourth-order valence-electron chi connectivity index (χ4n) is 2.74. The lowest BCUT2D eigenvalue weighted by Gasteiger charge is -2.08. The number of carbonyl (C=O) groups excluding carboxylic acids is 1. The van der Waals surface area contributed by atoms with Crippen LogP contribution in [0.1, 0.15) is 16.1 Å². The predicted molar refractivity (Wildman–Crippen MR) is 106 cm³/mol. The lowest BCUT2D eigenvalue weighted by Crippen LogP contribution is -2.14. The van der Waals surface area contributed by atoms with E-state index in [0.717, 1.165) is 27.2 Å². The van der Waals surface area contributed by atoms with Gasteiger partial charge in [-0.15, -0.1) is 10.2 Å². The maximum atomic E-state index is 12.7. The third kappa shape index (κ3) is 3.50. The van der Waals surface area contributed by atoms with Crippen molar-refractivity contribution in [3.05, 3.63) is 65.9 Å².